The molecule has 0 unspecified atom stereocenters. The van der Waals surface area contributed by atoms with Crippen LogP contribution in [-0.2, 0) is 10.0 Å². The van der Waals surface area contributed by atoms with Crippen LogP contribution in [0.15, 0.2) is 63.9 Å². The molecule has 0 radical (unpaired) electrons. The number of fused-ring (bicyclic) bond motifs is 3. The average molecular weight is 393 g/mol. The minimum atomic E-state index is -3.78. The van der Waals surface area contributed by atoms with E-state index in [4.69, 9.17) is 4.42 Å². The molecule has 0 bridgehead atoms. The maximum atomic E-state index is 12.9. The number of carbonyl (C=O) groups is 1. The Bertz CT molecular complexity index is 1330. The molecule has 0 saturated carbocycles. The fourth-order valence-electron chi connectivity index (χ4n) is 3.48. The van der Waals surface area contributed by atoms with Gasteiger partial charge in [-0.2, -0.15) is 0 Å². The van der Waals surface area contributed by atoms with Crippen molar-refractivity contribution in [2.24, 2.45) is 0 Å². The zero-order chi connectivity index (χ0) is 20.1. The van der Waals surface area contributed by atoms with Crippen molar-refractivity contribution in [3.05, 3.63) is 71.5 Å². The number of anilines is 1. The topological polar surface area (TPSA) is 76.4 Å². The number of hydrogen-bond donors (Lipinski definition) is 1. The standard InChI is InChI=1S/C22H19NO4S/c1-13-8-10-16(11-9-13)28(25,26)23-20-12-19-21(14(2)24)15(3)27-22(19)18-7-5-4-6-17(18)20/h4-12,23H,1-3H3. The van der Waals surface area contributed by atoms with Gasteiger partial charge in [-0.05, 0) is 39.0 Å². The Morgan fingerprint density at radius 1 is 0.929 bits per heavy atom. The van der Waals surface area contributed by atoms with Gasteiger partial charge in [0.15, 0.2) is 5.78 Å². The van der Waals surface area contributed by atoms with E-state index in [1.165, 1.54) is 6.92 Å². The molecular formula is C22H19NO4S. The van der Waals surface area contributed by atoms with Crippen molar-refractivity contribution in [2.75, 3.05) is 4.72 Å². The summed E-state index contributed by atoms with van der Waals surface area (Å²) in [5.74, 6) is 0.394. The van der Waals surface area contributed by atoms with E-state index in [9.17, 15) is 13.2 Å². The van der Waals surface area contributed by atoms with Crippen molar-refractivity contribution >= 4 is 43.2 Å². The molecule has 0 amide bonds. The lowest BCUT2D eigenvalue weighted by Crippen LogP contribution is -2.13. The fourth-order valence-corrected chi connectivity index (χ4v) is 4.55. The van der Waals surface area contributed by atoms with Crippen LogP contribution in [0, 0.1) is 13.8 Å². The predicted octanol–water partition coefficient (Wildman–Crippen LogP) is 5.21. The highest BCUT2D eigenvalue weighted by Crippen LogP contribution is 2.37. The summed E-state index contributed by atoms with van der Waals surface area (Å²) in [4.78, 5) is 12.3. The number of nitrogens with one attached hydrogen (secondary N) is 1. The van der Waals surface area contributed by atoms with Crippen LogP contribution in [0.2, 0.25) is 0 Å². The number of benzene rings is 3. The van der Waals surface area contributed by atoms with Gasteiger partial charge in [0, 0.05) is 16.2 Å². The summed E-state index contributed by atoms with van der Waals surface area (Å²) in [6.45, 7) is 5.11. The molecule has 3 aromatic carbocycles. The van der Waals surface area contributed by atoms with Gasteiger partial charge in [0.2, 0.25) is 0 Å². The first-order valence-corrected chi connectivity index (χ1v) is 10.3. The van der Waals surface area contributed by atoms with Gasteiger partial charge in [0.1, 0.15) is 11.3 Å². The molecule has 0 fully saturated rings. The monoisotopic (exact) mass is 393 g/mol. The molecule has 4 rings (SSSR count). The third kappa shape index (κ3) is 2.96. The summed E-state index contributed by atoms with van der Waals surface area (Å²) in [6, 6.07) is 15.7. The molecule has 4 aromatic rings. The molecule has 0 aliphatic heterocycles. The number of hydrogen-bond acceptors (Lipinski definition) is 4. The van der Waals surface area contributed by atoms with E-state index in [0.717, 1.165) is 10.9 Å². The predicted molar refractivity (Wildman–Crippen MR) is 110 cm³/mol. The van der Waals surface area contributed by atoms with Crippen molar-refractivity contribution in [3.63, 3.8) is 0 Å². The van der Waals surface area contributed by atoms with E-state index in [1.807, 2.05) is 31.2 Å². The minimum absolute atomic E-state index is 0.126. The van der Waals surface area contributed by atoms with Crippen molar-refractivity contribution in [1.82, 2.24) is 0 Å². The fraction of sp³-hybridized carbons (Fsp3) is 0.136. The molecule has 0 spiro atoms. The molecule has 142 valence electrons. The lowest BCUT2D eigenvalue weighted by molar-refractivity contribution is 0.101. The van der Waals surface area contributed by atoms with Gasteiger partial charge in [0.05, 0.1) is 16.1 Å². The van der Waals surface area contributed by atoms with Crippen LogP contribution < -0.4 is 4.72 Å². The highest BCUT2D eigenvalue weighted by Gasteiger charge is 2.21. The second-order valence-electron chi connectivity index (χ2n) is 6.85. The number of aryl methyl sites for hydroxylation is 2. The number of rotatable bonds is 4. The van der Waals surface area contributed by atoms with Crippen LogP contribution in [0.4, 0.5) is 5.69 Å². The average Bonchev–Trinajstić information content (AvgIpc) is 2.98. The van der Waals surface area contributed by atoms with Crippen molar-refractivity contribution in [3.8, 4) is 0 Å². The van der Waals surface area contributed by atoms with Gasteiger partial charge >= 0.3 is 0 Å². The molecule has 0 atom stereocenters. The summed E-state index contributed by atoms with van der Waals surface area (Å²) in [6.07, 6.45) is 0. The highest BCUT2D eigenvalue weighted by atomic mass is 32.2. The zero-order valence-corrected chi connectivity index (χ0v) is 16.6. The van der Waals surface area contributed by atoms with Gasteiger partial charge in [-0.25, -0.2) is 8.42 Å². The second kappa shape index (κ2) is 6.49. The number of Topliss-reactive ketones (excluding diaryl/α,β-unsaturated/α-hetero) is 1. The van der Waals surface area contributed by atoms with Crippen molar-refractivity contribution < 1.29 is 17.6 Å². The molecule has 1 N–H and O–H groups in total. The Labute approximate surface area is 163 Å². The molecule has 6 heteroatoms. The number of carbonyl (C=O) groups excluding carboxylic acids is 1. The Hall–Kier alpha value is -3.12. The molecule has 0 aliphatic rings. The lowest BCUT2D eigenvalue weighted by Gasteiger charge is -2.12. The quantitative estimate of drug-likeness (QED) is 0.483. The van der Waals surface area contributed by atoms with Gasteiger partial charge < -0.3 is 4.42 Å². The van der Waals surface area contributed by atoms with Crippen LogP contribution in [0.5, 0.6) is 0 Å². The highest BCUT2D eigenvalue weighted by molar-refractivity contribution is 7.92. The van der Waals surface area contributed by atoms with Crippen LogP contribution in [-0.4, -0.2) is 14.2 Å². The van der Waals surface area contributed by atoms with Gasteiger partial charge in [0.25, 0.3) is 10.0 Å². The molecule has 1 heterocycles. The summed E-state index contributed by atoms with van der Waals surface area (Å²) in [5, 5.41) is 2.05. The third-order valence-corrected chi connectivity index (χ3v) is 6.18. The Balaban J connectivity index is 1.96. The SMILES string of the molecule is CC(=O)c1c(C)oc2c1cc(NS(=O)(=O)c1ccc(C)cc1)c1ccccc12. The van der Waals surface area contributed by atoms with Crippen LogP contribution in [0.25, 0.3) is 21.7 Å². The maximum absolute atomic E-state index is 12.9. The Morgan fingerprint density at radius 3 is 2.21 bits per heavy atom. The molecule has 28 heavy (non-hydrogen) atoms. The largest absolute Gasteiger partial charge is 0.460 e. The molecule has 5 nitrogen and oxygen atoms in total. The van der Waals surface area contributed by atoms with E-state index in [1.54, 1.807) is 37.3 Å². The van der Waals surface area contributed by atoms with E-state index < -0.39 is 10.0 Å². The van der Waals surface area contributed by atoms with E-state index in [-0.39, 0.29) is 10.7 Å². The van der Waals surface area contributed by atoms with E-state index >= 15 is 0 Å². The minimum Gasteiger partial charge on any atom is -0.460 e. The number of ketones is 1. The summed E-state index contributed by atoms with van der Waals surface area (Å²) in [5.41, 5.74) is 2.44. The zero-order valence-electron chi connectivity index (χ0n) is 15.7. The first-order valence-electron chi connectivity index (χ1n) is 8.83. The maximum Gasteiger partial charge on any atom is 0.261 e. The van der Waals surface area contributed by atoms with E-state index in [2.05, 4.69) is 4.72 Å². The molecular weight excluding hydrogens is 374 g/mol. The smallest absolute Gasteiger partial charge is 0.261 e. The number of furan rings is 1. The summed E-state index contributed by atoms with van der Waals surface area (Å²) < 4.78 is 34.4. The first-order chi connectivity index (χ1) is 13.3. The van der Waals surface area contributed by atoms with Gasteiger partial charge in [-0.15, -0.1) is 0 Å². The van der Waals surface area contributed by atoms with Gasteiger partial charge in [-0.1, -0.05) is 42.0 Å². The molecule has 1 aromatic heterocycles. The van der Waals surface area contributed by atoms with Crippen molar-refractivity contribution in [1.29, 1.82) is 0 Å². The molecule has 0 aliphatic carbocycles. The molecule has 0 saturated heterocycles. The summed E-state index contributed by atoms with van der Waals surface area (Å²) >= 11 is 0. The van der Waals surface area contributed by atoms with Crippen LogP contribution >= 0.6 is 0 Å². The number of sulfonamides is 1. The van der Waals surface area contributed by atoms with Crippen LogP contribution in [0.3, 0.4) is 0 Å². The Morgan fingerprint density at radius 2 is 1.57 bits per heavy atom. The van der Waals surface area contributed by atoms with E-state index in [0.29, 0.717) is 33.4 Å². The first kappa shape index (κ1) is 18.3. The lowest BCUT2D eigenvalue weighted by atomic mass is 10.0. The van der Waals surface area contributed by atoms with Crippen molar-refractivity contribution in [2.45, 2.75) is 25.7 Å². The second-order valence-corrected chi connectivity index (χ2v) is 8.54. The van der Waals surface area contributed by atoms with Crippen LogP contribution in [0.1, 0.15) is 28.6 Å². The third-order valence-electron chi connectivity index (χ3n) is 4.80. The summed E-state index contributed by atoms with van der Waals surface area (Å²) in [7, 11) is -3.78. The normalized spacial score (nSPS) is 11.8. The Kier molecular flexibility index (Phi) is 4.23. The van der Waals surface area contributed by atoms with Gasteiger partial charge in [-0.3, -0.25) is 9.52 Å².